The van der Waals surface area contributed by atoms with E-state index < -0.39 is 0 Å². The van der Waals surface area contributed by atoms with Gasteiger partial charge in [-0.3, -0.25) is 0 Å². The Bertz CT molecular complexity index is 387. The Morgan fingerprint density at radius 3 is 2.30 bits per heavy atom. The van der Waals surface area contributed by atoms with Gasteiger partial charge in [-0.05, 0) is 78.9 Å². The molecule has 20 heavy (non-hydrogen) atoms. The van der Waals surface area contributed by atoms with E-state index in [0.717, 1.165) is 41.4 Å². The molecule has 4 aliphatic rings. The first-order chi connectivity index (χ1) is 9.54. The van der Waals surface area contributed by atoms with E-state index in [-0.39, 0.29) is 0 Å². The molecule has 0 radical (unpaired) electrons. The van der Waals surface area contributed by atoms with Crippen LogP contribution in [0, 0.1) is 46.8 Å². The van der Waals surface area contributed by atoms with Gasteiger partial charge in [0.05, 0.1) is 6.10 Å². The lowest BCUT2D eigenvalue weighted by Gasteiger charge is -2.42. The average molecular weight is 276 g/mol. The number of fused-ring (bicyclic) bond motifs is 9. The summed E-state index contributed by atoms with van der Waals surface area (Å²) in [4.78, 5) is 0. The van der Waals surface area contributed by atoms with Crippen molar-refractivity contribution in [1.29, 1.82) is 0 Å². The third-order valence-corrected chi connectivity index (χ3v) is 7.97. The van der Waals surface area contributed by atoms with Crippen LogP contribution in [0.2, 0.25) is 0 Å². The Morgan fingerprint density at radius 2 is 1.60 bits per heavy atom. The largest absolute Gasteiger partial charge is 0.381 e. The summed E-state index contributed by atoms with van der Waals surface area (Å²) in [6.45, 7) is 7.34. The minimum Gasteiger partial charge on any atom is -0.381 e. The smallest absolute Gasteiger partial charge is 0.0605 e. The molecule has 0 aliphatic heterocycles. The van der Waals surface area contributed by atoms with Crippen LogP contribution in [-0.2, 0) is 4.74 Å². The van der Waals surface area contributed by atoms with Gasteiger partial charge in [-0.2, -0.15) is 0 Å². The molecule has 0 N–H and O–H groups in total. The molecule has 0 amide bonds. The Hall–Kier alpha value is -0.0400. The van der Waals surface area contributed by atoms with E-state index in [1.807, 2.05) is 7.11 Å². The fourth-order valence-corrected chi connectivity index (χ4v) is 7.04. The van der Waals surface area contributed by atoms with Crippen LogP contribution in [0.3, 0.4) is 0 Å². The number of hydrogen-bond acceptors (Lipinski definition) is 1. The number of ether oxygens (including phenoxy) is 1. The lowest BCUT2D eigenvalue weighted by atomic mass is 9.64. The lowest BCUT2D eigenvalue weighted by Crippen LogP contribution is -2.39. The first-order valence-electron chi connectivity index (χ1n) is 9.07. The van der Waals surface area contributed by atoms with Crippen LogP contribution >= 0.6 is 0 Å². The molecule has 8 unspecified atom stereocenters. The second-order valence-electron chi connectivity index (χ2n) is 9.20. The molecule has 0 aromatic rings. The van der Waals surface area contributed by atoms with Crippen LogP contribution < -0.4 is 0 Å². The topological polar surface area (TPSA) is 9.23 Å². The van der Waals surface area contributed by atoms with Crippen molar-refractivity contribution in [1.82, 2.24) is 0 Å². The first kappa shape index (κ1) is 13.6. The van der Waals surface area contributed by atoms with E-state index in [4.69, 9.17) is 4.74 Å². The second-order valence-corrected chi connectivity index (χ2v) is 9.20. The van der Waals surface area contributed by atoms with Crippen LogP contribution in [-0.4, -0.2) is 13.2 Å². The van der Waals surface area contributed by atoms with Crippen molar-refractivity contribution >= 4 is 0 Å². The van der Waals surface area contributed by atoms with Crippen molar-refractivity contribution < 1.29 is 4.74 Å². The summed E-state index contributed by atoms with van der Waals surface area (Å²) in [5, 5.41) is 0. The van der Waals surface area contributed by atoms with E-state index in [2.05, 4.69) is 20.8 Å². The summed E-state index contributed by atoms with van der Waals surface area (Å²) in [5.41, 5.74) is 0.567. The van der Waals surface area contributed by atoms with Crippen molar-refractivity contribution in [3.8, 4) is 0 Å². The van der Waals surface area contributed by atoms with Crippen LogP contribution in [0.15, 0.2) is 0 Å². The summed E-state index contributed by atoms with van der Waals surface area (Å²) in [6, 6.07) is 0. The summed E-state index contributed by atoms with van der Waals surface area (Å²) in [6.07, 6.45) is 9.45. The summed E-state index contributed by atoms with van der Waals surface area (Å²) < 4.78 is 5.79. The maximum Gasteiger partial charge on any atom is 0.0605 e. The number of rotatable bonds is 4. The van der Waals surface area contributed by atoms with Gasteiger partial charge >= 0.3 is 0 Å². The SMILES string of the molecule is CCC(C)(C)CC1CC2CC1C1C3CC(OC)C(C3)C21. The zero-order valence-corrected chi connectivity index (χ0v) is 13.8. The molecule has 4 bridgehead atoms. The molecule has 0 aromatic heterocycles. The second kappa shape index (κ2) is 4.48. The third-order valence-electron chi connectivity index (χ3n) is 7.97. The van der Waals surface area contributed by atoms with E-state index in [0.29, 0.717) is 11.5 Å². The number of methoxy groups -OCH3 is 1. The molecular formula is C19H32O. The van der Waals surface area contributed by atoms with Crippen LogP contribution in [0.5, 0.6) is 0 Å². The van der Waals surface area contributed by atoms with Gasteiger partial charge in [-0.25, -0.2) is 0 Å². The van der Waals surface area contributed by atoms with E-state index in [1.165, 1.54) is 25.7 Å². The van der Waals surface area contributed by atoms with E-state index >= 15 is 0 Å². The number of hydrogen-bond donors (Lipinski definition) is 0. The standard InChI is InChI=1S/C19H32O/c1-5-19(2,3)10-13-6-11-7-14(13)17-12-8-15(18(11)17)16(9-12)20-4/h11-18H,5-10H2,1-4H3. The van der Waals surface area contributed by atoms with Crippen molar-refractivity contribution in [2.24, 2.45) is 46.8 Å². The maximum atomic E-state index is 5.79. The highest BCUT2D eigenvalue weighted by Crippen LogP contribution is 2.70. The van der Waals surface area contributed by atoms with Gasteiger partial charge in [-0.1, -0.05) is 27.2 Å². The zero-order chi connectivity index (χ0) is 14.1. The van der Waals surface area contributed by atoms with Crippen molar-refractivity contribution in [3.05, 3.63) is 0 Å². The van der Waals surface area contributed by atoms with Crippen LogP contribution in [0.25, 0.3) is 0 Å². The van der Waals surface area contributed by atoms with Crippen molar-refractivity contribution in [2.75, 3.05) is 7.11 Å². The average Bonchev–Trinajstić information content (AvgIpc) is 3.14. The van der Waals surface area contributed by atoms with Gasteiger partial charge in [-0.15, -0.1) is 0 Å². The fraction of sp³-hybridized carbons (Fsp3) is 1.00. The summed E-state index contributed by atoms with van der Waals surface area (Å²) in [5.74, 6) is 7.32. The normalized spacial score (nSPS) is 52.8. The molecule has 1 heteroatoms. The molecule has 1 nitrogen and oxygen atoms in total. The molecule has 4 saturated carbocycles. The quantitative estimate of drug-likeness (QED) is 0.673. The third kappa shape index (κ3) is 1.77. The molecule has 114 valence electrons. The van der Waals surface area contributed by atoms with Gasteiger partial charge in [0.1, 0.15) is 0 Å². The molecule has 0 saturated heterocycles. The van der Waals surface area contributed by atoms with Gasteiger partial charge < -0.3 is 4.74 Å². The molecule has 4 aliphatic carbocycles. The van der Waals surface area contributed by atoms with Crippen LogP contribution in [0.4, 0.5) is 0 Å². The molecule has 8 atom stereocenters. The Kier molecular flexibility index (Phi) is 3.05. The highest BCUT2D eigenvalue weighted by molar-refractivity contribution is 5.13. The Morgan fingerprint density at radius 1 is 0.950 bits per heavy atom. The van der Waals surface area contributed by atoms with Gasteiger partial charge in [0.25, 0.3) is 0 Å². The van der Waals surface area contributed by atoms with Gasteiger partial charge in [0.15, 0.2) is 0 Å². The molecule has 0 spiro atoms. The fourth-order valence-electron chi connectivity index (χ4n) is 7.04. The molecule has 4 rings (SSSR count). The van der Waals surface area contributed by atoms with Gasteiger partial charge in [0.2, 0.25) is 0 Å². The van der Waals surface area contributed by atoms with Gasteiger partial charge in [0, 0.05) is 7.11 Å². The van der Waals surface area contributed by atoms with Crippen LogP contribution in [0.1, 0.15) is 59.3 Å². The highest BCUT2D eigenvalue weighted by Gasteiger charge is 2.64. The minimum atomic E-state index is 0.567. The Labute approximate surface area is 124 Å². The minimum absolute atomic E-state index is 0.567. The predicted octanol–water partition coefficient (Wildman–Crippen LogP) is 4.76. The monoisotopic (exact) mass is 276 g/mol. The molecular weight excluding hydrogens is 244 g/mol. The van der Waals surface area contributed by atoms with Crippen molar-refractivity contribution in [3.63, 3.8) is 0 Å². The summed E-state index contributed by atoms with van der Waals surface area (Å²) >= 11 is 0. The molecule has 4 fully saturated rings. The van der Waals surface area contributed by atoms with E-state index in [1.54, 1.807) is 12.8 Å². The Balaban J connectivity index is 1.50. The molecule has 0 heterocycles. The zero-order valence-electron chi connectivity index (χ0n) is 13.8. The highest BCUT2D eigenvalue weighted by atomic mass is 16.5. The predicted molar refractivity (Wildman–Crippen MR) is 82.4 cm³/mol. The lowest BCUT2D eigenvalue weighted by molar-refractivity contribution is -0.0152. The first-order valence-corrected chi connectivity index (χ1v) is 9.07. The maximum absolute atomic E-state index is 5.79. The molecule has 0 aromatic carbocycles. The van der Waals surface area contributed by atoms with Crippen molar-refractivity contribution in [2.45, 2.75) is 65.4 Å². The summed E-state index contributed by atoms with van der Waals surface area (Å²) in [7, 11) is 1.94. The van der Waals surface area contributed by atoms with E-state index in [9.17, 15) is 0 Å².